The highest BCUT2D eigenvalue weighted by atomic mass is 35.5. The van der Waals surface area contributed by atoms with Gasteiger partial charge in [0.1, 0.15) is 5.75 Å². The Labute approximate surface area is 283 Å². The zero-order chi connectivity index (χ0) is 30.6. The molecule has 3 heterocycles. The van der Waals surface area contributed by atoms with Crippen LogP contribution in [0.15, 0.2) is 60.7 Å². The molecule has 2 aliphatic heterocycles. The molecule has 260 valence electrons. The highest BCUT2D eigenvalue weighted by Crippen LogP contribution is 2.30. The summed E-state index contributed by atoms with van der Waals surface area (Å²) >= 11 is 0. The van der Waals surface area contributed by atoms with E-state index >= 15 is 0 Å². The molecule has 0 unspecified atom stereocenters. The summed E-state index contributed by atoms with van der Waals surface area (Å²) in [5, 5.41) is 18.4. The summed E-state index contributed by atoms with van der Waals surface area (Å²) in [6.45, 7) is 3.85. The number of anilines is 5. The maximum atomic E-state index is 12.9. The Morgan fingerprint density at radius 1 is 0.717 bits per heavy atom. The smallest absolute Gasteiger partial charge is 0.259 e. The second-order valence-electron chi connectivity index (χ2n) is 10.2. The van der Waals surface area contributed by atoms with Gasteiger partial charge in [-0.15, -0.1) is 12.4 Å². The van der Waals surface area contributed by atoms with Crippen molar-refractivity contribution < 1.29 is 15.6 Å². The molecule has 0 spiro atoms. The van der Waals surface area contributed by atoms with E-state index < -0.39 is 0 Å². The van der Waals surface area contributed by atoms with Gasteiger partial charge in [0.25, 0.3) is 5.91 Å². The first-order valence-electron chi connectivity index (χ1n) is 14.9. The van der Waals surface area contributed by atoms with Crippen LogP contribution < -0.4 is 44.2 Å². The lowest BCUT2D eigenvalue weighted by Gasteiger charge is -2.30. The van der Waals surface area contributed by atoms with Gasteiger partial charge in [-0.2, -0.15) is 15.0 Å². The number of fused-ring (bicyclic) bond motifs is 1. The Morgan fingerprint density at radius 2 is 1.22 bits per heavy atom. The third kappa shape index (κ3) is 9.86. The van der Waals surface area contributed by atoms with Gasteiger partial charge >= 0.3 is 0 Å². The predicted octanol–water partition coefficient (Wildman–Crippen LogP) is 6.59. The molecule has 4 aromatic rings. The average molecular weight is 664 g/mol. The molecule has 2 aliphatic rings. The first-order chi connectivity index (χ1) is 21.1. The van der Waals surface area contributed by atoms with E-state index in [1.807, 2.05) is 48.5 Å². The van der Waals surface area contributed by atoms with Crippen molar-refractivity contribution in [3.05, 3.63) is 66.2 Å². The number of halogens is 1. The summed E-state index contributed by atoms with van der Waals surface area (Å²) in [6, 6.07) is 18.3. The van der Waals surface area contributed by atoms with Gasteiger partial charge in [0.15, 0.2) is 0 Å². The second kappa shape index (κ2) is 20.0. The number of nitrogens with two attached hydrogens (primary N) is 2. The lowest BCUT2D eigenvalue weighted by molar-refractivity contribution is 0.102. The molecule has 14 heteroatoms. The number of nitrogens with zero attached hydrogens (tertiary/aromatic N) is 5. The van der Waals surface area contributed by atoms with Crippen LogP contribution in [0.3, 0.4) is 0 Å². The molecular weight excluding hydrogens is 606 g/mol. The fourth-order valence-corrected chi connectivity index (χ4v) is 5.28. The van der Waals surface area contributed by atoms with E-state index in [2.05, 4.69) is 31.9 Å². The van der Waals surface area contributed by atoms with Gasteiger partial charge in [-0.05, 0) is 88.3 Å². The van der Waals surface area contributed by atoms with E-state index in [0.29, 0.717) is 17.0 Å². The third-order valence-electron chi connectivity index (χ3n) is 7.43. The highest BCUT2D eigenvalue weighted by molar-refractivity contribution is 6.09. The molecule has 13 nitrogen and oxygen atoms in total. The number of hydrogen-bond donors (Lipinski definition) is 7. The minimum Gasteiger partial charge on any atom is -0.506 e. The number of phenols is 1. The fourth-order valence-electron chi connectivity index (χ4n) is 5.28. The zero-order valence-corrected chi connectivity index (χ0v) is 27.7. The molecule has 2 saturated heterocycles. The molecule has 0 bridgehead atoms. The van der Waals surface area contributed by atoms with E-state index in [4.69, 9.17) is 15.0 Å². The van der Waals surface area contributed by atoms with Crippen molar-refractivity contribution in [1.29, 1.82) is 0 Å². The van der Waals surface area contributed by atoms with Gasteiger partial charge in [0, 0.05) is 48.6 Å². The number of phenolic OH excluding ortho intramolecular Hbond substituents is 1. The number of nitrogens with one attached hydrogen (secondary N) is 2. The SMILES string of the molecule is CN.CN.Cl.N.N.O=C(Nc1ccc(Nc2nc(N3CCCCC3)nc(N3CCCCC3)n2)cc1)c1ccc2ccccc2c1O.[HH].[HH].[HH].[HH]. The van der Waals surface area contributed by atoms with Crippen LogP contribution in [0.25, 0.3) is 10.8 Å². The number of piperidine rings is 2. The molecule has 2 fully saturated rings. The number of carbonyl (C=O) groups is 1. The number of aromatic nitrogens is 3. The number of carbonyl (C=O) groups excluding carboxylic acids is 1. The standard InChI is InChI=1S/C30H33N7O2.2CH5N.ClH.2H3N.4H2/c38-26-24-10-4-3-9-21(24)11-16-25(26)27(39)31-22-12-14-23(15-13-22)32-28-33-29(36-17-5-1-6-18-36)35-30(34-28)37-19-7-2-8-20-37;2*1-2;;;;;;;/h3-4,9-16,38H,1-2,5-8,17-20H2,(H,31,39)(H,32,33,34,35);2*2H2,1H3;1H;2*1H3;4*1H. The number of benzene rings is 3. The lowest BCUT2D eigenvalue weighted by atomic mass is 10.0. The van der Waals surface area contributed by atoms with Crippen LogP contribution in [0.1, 0.15) is 54.6 Å². The van der Waals surface area contributed by atoms with E-state index in [9.17, 15) is 9.90 Å². The van der Waals surface area contributed by atoms with Gasteiger partial charge in [-0.1, -0.05) is 30.3 Å². The van der Waals surface area contributed by atoms with Crippen LogP contribution in [-0.2, 0) is 0 Å². The number of amides is 1. The Bertz CT molecular complexity index is 1460. The van der Waals surface area contributed by atoms with Crippen LogP contribution >= 0.6 is 12.4 Å². The average Bonchev–Trinajstić information content (AvgIpc) is 3.08. The normalized spacial score (nSPS) is 13.7. The van der Waals surface area contributed by atoms with Crippen LogP contribution in [0.5, 0.6) is 5.75 Å². The van der Waals surface area contributed by atoms with E-state index in [1.165, 1.54) is 26.9 Å². The molecular formula is C32H58ClN11O2. The summed E-state index contributed by atoms with van der Waals surface area (Å²) in [6.07, 6.45) is 7.09. The largest absolute Gasteiger partial charge is 0.506 e. The zero-order valence-electron chi connectivity index (χ0n) is 26.9. The van der Waals surface area contributed by atoms with Crippen molar-refractivity contribution in [3.63, 3.8) is 0 Å². The minimum absolute atomic E-state index is 0. The maximum Gasteiger partial charge on any atom is 0.259 e. The summed E-state index contributed by atoms with van der Waals surface area (Å²) < 4.78 is 0. The first kappa shape index (κ1) is 39.8. The fraction of sp³-hybridized carbons (Fsp3) is 0.375. The Hall–Kier alpha value is -4.27. The van der Waals surface area contributed by atoms with Crippen molar-refractivity contribution >= 4 is 58.3 Å². The molecule has 0 saturated carbocycles. The maximum absolute atomic E-state index is 12.9. The Morgan fingerprint density at radius 3 is 1.76 bits per heavy atom. The molecule has 0 atom stereocenters. The molecule has 0 radical (unpaired) electrons. The Kier molecular flexibility index (Phi) is 17.3. The van der Waals surface area contributed by atoms with Crippen LogP contribution in [0.4, 0.5) is 29.2 Å². The monoisotopic (exact) mass is 663 g/mol. The van der Waals surface area contributed by atoms with Gasteiger partial charge in [-0.3, -0.25) is 4.79 Å². The Balaban J connectivity index is -0.000000930. The van der Waals surface area contributed by atoms with Gasteiger partial charge in [-0.25, -0.2) is 0 Å². The van der Waals surface area contributed by atoms with Crippen LogP contribution in [0, 0.1) is 0 Å². The topological polar surface area (TPSA) is 229 Å². The molecule has 6 rings (SSSR count). The van der Waals surface area contributed by atoms with Crippen molar-refractivity contribution in [3.8, 4) is 5.75 Å². The van der Waals surface area contributed by atoms with Crippen molar-refractivity contribution in [2.24, 2.45) is 11.5 Å². The van der Waals surface area contributed by atoms with Crippen molar-refractivity contribution in [2.45, 2.75) is 38.5 Å². The molecule has 0 aliphatic carbocycles. The molecule has 3 aromatic carbocycles. The molecule has 1 amide bonds. The van der Waals surface area contributed by atoms with Crippen molar-refractivity contribution in [1.82, 2.24) is 27.3 Å². The predicted molar refractivity (Wildman–Crippen MR) is 201 cm³/mol. The van der Waals surface area contributed by atoms with Crippen molar-refractivity contribution in [2.75, 3.05) is 60.7 Å². The quantitative estimate of drug-likeness (QED) is 0.116. The molecule has 13 N–H and O–H groups in total. The minimum atomic E-state index is -0.367. The lowest BCUT2D eigenvalue weighted by Crippen LogP contribution is -2.34. The molecule has 46 heavy (non-hydrogen) atoms. The number of hydrogen-bond acceptors (Lipinski definition) is 12. The summed E-state index contributed by atoms with van der Waals surface area (Å²) in [5.41, 5.74) is 10.7. The number of rotatable bonds is 6. The third-order valence-corrected chi connectivity index (χ3v) is 7.43. The van der Waals surface area contributed by atoms with Gasteiger partial charge in [0.2, 0.25) is 17.8 Å². The molecule has 1 aromatic heterocycles. The summed E-state index contributed by atoms with van der Waals surface area (Å²) in [5.74, 6) is 1.59. The van der Waals surface area contributed by atoms with E-state index in [0.717, 1.165) is 74.8 Å². The van der Waals surface area contributed by atoms with Gasteiger partial charge < -0.3 is 49.3 Å². The van der Waals surface area contributed by atoms with Gasteiger partial charge in [0.05, 0.1) is 5.56 Å². The summed E-state index contributed by atoms with van der Waals surface area (Å²) in [4.78, 5) is 31.8. The van der Waals surface area contributed by atoms with Crippen LogP contribution in [0.2, 0.25) is 0 Å². The van der Waals surface area contributed by atoms with E-state index in [-0.39, 0.29) is 47.6 Å². The number of aromatic hydroxyl groups is 1. The van der Waals surface area contributed by atoms with Crippen LogP contribution in [-0.4, -0.2) is 66.2 Å². The first-order valence-corrected chi connectivity index (χ1v) is 14.9. The highest BCUT2D eigenvalue weighted by Gasteiger charge is 2.20. The summed E-state index contributed by atoms with van der Waals surface area (Å²) in [7, 11) is 3.00. The van der Waals surface area contributed by atoms with E-state index in [1.54, 1.807) is 12.1 Å². The second-order valence-corrected chi connectivity index (χ2v) is 10.2.